The molecular weight excluding hydrogens is 262 g/mol. The molecule has 2 atom stereocenters. The monoisotopic (exact) mass is 279 g/mol. The third-order valence-corrected chi connectivity index (χ3v) is 3.13. The van der Waals surface area contributed by atoms with E-state index in [0.29, 0.717) is 0 Å². The van der Waals surface area contributed by atoms with Crippen LogP contribution in [-0.2, 0) is 12.7 Å². The summed E-state index contributed by atoms with van der Waals surface area (Å²) in [6.45, 7) is 3.52. The van der Waals surface area contributed by atoms with Crippen molar-refractivity contribution in [3.05, 3.63) is 35.1 Å². The molecule has 2 nitrogen and oxygen atoms in total. The molecular formula is C13H17F4NO. The molecule has 6 heteroatoms. The molecule has 1 aromatic rings. The maximum Gasteiger partial charge on any atom is 0.416 e. The number of aliphatic hydroxyl groups excluding tert-OH is 1. The van der Waals surface area contributed by atoms with Crippen LogP contribution in [-0.4, -0.2) is 17.8 Å². The average Bonchev–Trinajstić information content (AvgIpc) is 2.35. The van der Waals surface area contributed by atoms with Crippen molar-refractivity contribution in [2.75, 3.05) is 6.61 Å². The Labute approximate surface area is 109 Å². The van der Waals surface area contributed by atoms with Crippen molar-refractivity contribution < 1.29 is 22.7 Å². The van der Waals surface area contributed by atoms with Crippen LogP contribution in [0.2, 0.25) is 0 Å². The number of benzene rings is 1. The van der Waals surface area contributed by atoms with E-state index < -0.39 is 17.6 Å². The van der Waals surface area contributed by atoms with E-state index in [2.05, 4.69) is 5.32 Å². The Bertz CT molecular complexity index is 420. The Kier molecular flexibility index (Phi) is 5.31. The molecule has 0 aliphatic heterocycles. The lowest BCUT2D eigenvalue weighted by Crippen LogP contribution is -2.33. The summed E-state index contributed by atoms with van der Waals surface area (Å²) < 4.78 is 51.0. The summed E-state index contributed by atoms with van der Waals surface area (Å²) in [5, 5.41) is 11.8. The summed E-state index contributed by atoms with van der Waals surface area (Å²) in [5.41, 5.74) is -0.902. The maximum atomic E-state index is 13.4. The molecule has 0 heterocycles. The van der Waals surface area contributed by atoms with Crippen LogP contribution in [0.5, 0.6) is 0 Å². The van der Waals surface area contributed by atoms with Gasteiger partial charge in [-0.05, 0) is 31.0 Å². The molecule has 1 aromatic carbocycles. The van der Waals surface area contributed by atoms with Gasteiger partial charge < -0.3 is 10.4 Å². The van der Waals surface area contributed by atoms with Crippen molar-refractivity contribution in [2.45, 2.75) is 32.6 Å². The molecule has 2 N–H and O–H groups in total. The van der Waals surface area contributed by atoms with E-state index in [1.807, 2.05) is 0 Å². The van der Waals surface area contributed by atoms with Crippen LogP contribution >= 0.6 is 0 Å². The molecule has 0 aliphatic rings. The van der Waals surface area contributed by atoms with E-state index in [9.17, 15) is 17.6 Å². The molecule has 0 saturated carbocycles. The van der Waals surface area contributed by atoms with E-state index >= 15 is 0 Å². The van der Waals surface area contributed by atoms with Crippen molar-refractivity contribution >= 4 is 0 Å². The van der Waals surface area contributed by atoms with Crippen LogP contribution < -0.4 is 5.32 Å². The Morgan fingerprint density at radius 2 is 1.89 bits per heavy atom. The van der Waals surface area contributed by atoms with Crippen LogP contribution in [0.25, 0.3) is 0 Å². The van der Waals surface area contributed by atoms with Crippen molar-refractivity contribution in [2.24, 2.45) is 5.92 Å². The minimum absolute atomic E-state index is 0.0126. The van der Waals surface area contributed by atoms with Crippen molar-refractivity contribution in [3.8, 4) is 0 Å². The highest BCUT2D eigenvalue weighted by Gasteiger charge is 2.31. The number of nitrogens with one attached hydrogen (secondary N) is 1. The zero-order chi connectivity index (χ0) is 14.6. The molecule has 1 rings (SSSR count). The first kappa shape index (κ1) is 15.9. The lowest BCUT2D eigenvalue weighted by atomic mass is 10.0. The van der Waals surface area contributed by atoms with Gasteiger partial charge in [0, 0.05) is 24.8 Å². The third kappa shape index (κ3) is 4.47. The fraction of sp³-hybridized carbons (Fsp3) is 0.538. The molecule has 108 valence electrons. The molecule has 0 saturated heterocycles. The predicted octanol–water partition coefficient (Wildman–Crippen LogP) is 2.95. The summed E-state index contributed by atoms with van der Waals surface area (Å²) in [6, 6.07) is 2.22. The van der Waals surface area contributed by atoms with Crippen LogP contribution in [0.1, 0.15) is 25.0 Å². The van der Waals surface area contributed by atoms with Gasteiger partial charge >= 0.3 is 6.18 Å². The number of alkyl halides is 3. The minimum Gasteiger partial charge on any atom is -0.396 e. The fourth-order valence-corrected chi connectivity index (χ4v) is 1.52. The minimum atomic E-state index is -4.48. The predicted molar refractivity (Wildman–Crippen MR) is 64.0 cm³/mol. The quantitative estimate of drug-likeness (QED) is 0.812. The summed E-state index contributed by atoms with van der Waals surface area (Å²) in [5.74, 6) is -0.738. The average molecular weight is 279 g/mol. The van der Waals surface area contributed by atoms with E-state index in [0.717, 1.165) is 18.2 Å². The highest BCUT2D eigenvalue weighted by molar-refractivity contribution is 5.27. The number of hydrogen-bond acceptors (Lipinski definition) is 2. The van der Waals surface area contributed by atoms with E-state index in [1.54, 1.807) is 13.8 Å². The Hall–Kier alpha value is -1.14. The molecule has 19 heavy (non-hydrogen) atoms. The molecule has 0 radical (unpaired) electrons. The molecule has 0 bridgehead atoms. The molecule has 2 unspecified atom stereocenters. The summed E-state index contributed by atoms with van der Waals surface area (Å²) in [7, 11) is 0. The number of rotatable bonds is 5. The van der Waals surface area contributed by atoms with Gasteiger partial charge in [-0.25, -0.2) is 4.39 Å². The highest BCUT2D eigenvalue weighted by atomic mass is 19.4. The van der Waals surface area contributed by atoms with Crippen LogP contribution in [0.4, 0.5) is 17.6 Å². The lowest BCUT2D eigenvalue weighted by molar-refractivity contribution is -0.137. The second-order valence-electron chi connectivity index (χ2n) is 4.63. The molecule has 0 aromatic heterocycles. The van der Waals surface area contributed by atoms with Gasteiger partial charge in [0.15, 0.2) is 0 Å². The molecule has 0 amide bonds. The Balaban J connectivity index is 2.78. The SMILES string of the molecule is CC(CO)C(C)NCc1cc(C(F)(F)F)ccc1F. The Morgan fingerprint density at radius 1 is 1.26 bits per heavy atom. The first-order valence-corrected chi connectivity index (χ1v) is 5.95. The van der Waals surface area contributed by atoms with Gasteiger partial charge in [-0.3, -0.25) is 0 Å². The van der Waals surface area contributed by atoms with Gasteiger partial charge in [0.05, 0.1) is 5.56 Å². The molecule has 0 spiro atoms. The van der Waals surface area contributed by atoms with Gasteiger partial charge in [0.2, 0.25) is 0 Å². The summed E-state index contributed by atoms with van der Waals surface area (Å²) in [6.07, 6.45) is -4.48. The smallest absolute Gasteiger partial charge is 0.396 e. The second kappa shape index (κ2) is 6.34. The summed E-state index contributed by atoms with van der Waals surface area (Å²) in [4.78, 5) is 0. The van der Waals surface area contributed by atoms with Gasteiger partial charge in [0.1, 0.15) is 5.82 Å². The van der Waals surface area contributed by atoms with E-state index in [-0.39, 0.29) is 30.7 Å². The van der Waals surface area contributed by atoms with Gasteiger partial charge in [-0.1, -0.05) is 6.92 Å². The van der Waals surface area contributed by atoms with E-state index in [1.165, 1.54) is 0 Å². The first-order valence-electron chi connectivity index (χ1n) is 5.95. The van der Waals surface area contributed by atoms with Crippen LogP contribution in [0.3, 0.4) is 0 Å². The summed E-state index contributed by atoms with van der Waals surface area (Å²) >= 11 is 0. The zero-order valence-corrected chi connectivity index (χ0v) is 10.8. The fourth-order valence-electron chi connectivity index (χ4n) is 1.52. The first-order chi connectivity index (χ1) is 8.75. The number of halogens is 4. The second-order valence-corrected chi connectivity index (χ2v) is 4.63. The van der Waals surface area contributed by atoms with Gasteiger partial charge in [-0.2, -0.15) is 13.2 Å². The standard InChI is InChI=1S/C13H17F4NO/c1-8(7-19)9(2)18-6-10-5-11(13(15,16)17)3-4-12(10)14/h3-5,8-9,18-19H,6-7H2,1-2H3. The normalized spacial score (nSPS) is 15.3. The molecule has 0 fully saturated rings. The zero-order valence-electron chi connectivity index (χ0n) is 10.8. The van der Waals surface area contributed by atoms with E-state index in [4.69, 9.17) is 5.11 Å². The van der Waals surface area contributed by atoms with Gasteiger partial charge in [0.25, 0.3) is 0 Å². The van der Waals surface area contributed by atoms with Crippen molar-refractivity contribution in [3.63, 3.8) is 0 Å². The largest absolute Gasteiger partial charge is 0.416 e. The van der Waals surface area contributed by atoms with Crippen LogP contribution in [0.15, 0.2) is 18.2 Å². The number of hydrogen-bond donors (Lipinski definition) is 2. The van der Waals surface area contributed by atoms with Crippen molar-refractivity contribution in [1.29, 1.82) is 0 Å². The lowest BCUT2D eigenvalue weighted by Gasteiger charge is -2.19. The Morgan fingerprint density at radius 3 is 2.42 bits per heavy atom. The van der Waals surface area contributed by atoms with Crippen LogP contribution in [0, 0.1) is 11.7 Å². The number of aliphatic hydroxyl groups is 1. The van der Waals surface area contributed by atoms with Crippen molar-refractivity contribution in [1.82, 2.24) is 5.32 Å². The third-order valence-electron chi connectivity index (χ3n) is 3.13. The topological polar surface area (TPSA) is 32.3 Å². The highest BCUT2D eigenvalue weighted by Crippen LogP contribution is 2.30. The molecule has 0 aliphatic carbocycles. The van der Waals surface area contributed by atoms with Gasteiger partial charge in [-0.15, -0.1) is 0 Å². The maximum absolute atomic E-state index is 13.4.